The monoisotopic (exact) mass is 521 g/mol. The predicted octanol–water partition coefficient (Wildman–Crippen LogP) is 5.64. The lowest BCUT2D eigenvalue weighted by Gasteiger charge is -2.25. The number of hydrogen-bond donors (Lipinski definition) is 3. The molecule has 3 rings (SSSR count). The summed E-state index contributed by atoms with van der Waals surface area (Å²) < 4.78 is 13.2. The highest BCUT2D eigenvalue weighted by atomic mass is 31.2. The van der Waals surface area contributed by atoms with Crippen molar-refractivity contribution in [2.75, 3.05) is 12.3 Å². The fourth-order valence-electron chi connectivity index (χ4n) is 4.33. The summed E-state index contributed by atoms with van der Waals surface area (Å²) in [6.07, 6.45) is 1.10. The summed E-state index contributed by atoms with van der Waals surface area (Å²) in [5.74, 6) is -2.72. The highest BCUT2D eigenvalue weighted by Crippen LogP contribution is 2.43. The molecule has 0 aliphatic rings. The zero-order chi connectivity index (χ0) is 26.8. The van der Waals surface area contributed by atoms with Crippen LogP contribution in [0.25, 0.3) is 11.1 Å². The van der Waals surface area contributed by atoms with Crippen LogP contribution in [-0.4, -0.2) is 40.2 Å². The maximum absolute atomic E-state index is 13.3. The van der Waals surface area contributed by atoms with Gasteiger partial charge in [-0.05, 0) is 41.0 Å². The van der Waals surface area contributed by atoms with Gasteiger partial charge in [0.25, 0.3) is 0 Å². The molecule has 37 heavy (non-hydrogen) atoms. The number of rotatable bonds is 13. The molecule has 0 aromatic heterocycles. The summed E-state index contributed by atoms with van der Waals surface area (Å²) in [4.78, 5) is 36.0. The Kier molecular flexibility index (Phi) is 10.2. The number of nitrogens with one attached hydrogen (secondary N) is 1. The van der Waals surface area contributed by atoms with Gasteiger partial charge in [0.05, 0.1) is 5.92 Å². The highest BCUT2D eigenvalue weighted by Gasteiger charge is 2.33. The Bertz CT molecular complexity index is 1200. The molecular weight excluding hydrogens is 485 g/mol. The molecule has 0 aliphatic heterocycles. The lowest BCUT2D eigenvalue weighted by Crippen LogP contribution is -2.48. The second kappa shape index (κ2) is 13.4. The van der Waals surface area contributed by atoms with Crippen molar-refractivity contribution in [2.24, 2.45) is 11.8 Å². The van der Waals surface area contributed by atoms with Gasteiger partial charge in [0.1, 0.15) is 6.04 Å². The fourth-order valence-corrected chi connectivity index (χ4v) is 6.10. The first kappa shape index (κ1) is 28.4. The van der Waals surface area contributed by atoms with Crippen LogP contribution in [0.1, 0.15) is 31.4 Å². The number of carbonyl (C=O) groups excluding carboxylic acids is 1. The molecule has 3 aromatic carbocycles. The van der Waals surface area contributed by atoms with E-state index in [1.807, 2.05) is 91.9 Å². The molecule has 0 spiro atoms. The number of hydrogen-bond acceptors (Lipinski definition) is 3. The van der Waals surface area contributed by atoms with Crippen LogP contribution in [-0.2, 0) is 27.0 Å². The number of carbonyl (C=O) groups is 2. The zero-order valence-electron chi connectivity index (χ0n) is 21.4. The quantitative estimate of drug-likeness (QED) is 0.253. The van der Waals surface area contributed by atoms with E-state index in [4.69, 9.17) is 0 Å². The molecule has 7 heteroatoms. The normalized spacial score (nSPS) is 15.2. The van der Waals surface area contributed by atoms with Crippen molar-refractivity contribution >= 4 is 19.2 Å². The van der Waals surface area contributed by atoms with E-state index >= 15 is 0 Å². The topological polar surface area (TPSA) is 104 Å². The van der Waals surface area contributed by atoms with Gasteiger partial charge in [-0.25, -0.2) is 4.79 Å². The van der Waals surface area contributed by atoms with Gasteiger partial charge in [-0.1, -0.05) is 105 Å². The lowest BCUT2D eigenvalue weighted by atomic mass is 9.95. The smallest absolute Gasteiger partial charge is 0.326 e. The molecule has 0 radical (unpaired) electrons. The Labute approximate surface area is 219 Å². The van der Waals surface area contributed by atoms with Crippen molar-refractivity contribution in [3.8, 4) is 11.1 Å². The standard InChI is InChI=1S/C30H36NO5P/c1-3-22(2)28(30(33)34)31-29(32)27(21-37(35,36)19-18-23-10-6-4-7-11-23)20-24-14-16-26(17-15-24)25-12-8-5-9-13-25/h4-17,22,27-28H,3,18-21H2,1-2H3,(H,31,32)(H,33,34)(H,35,36)/t22-,27+,28-/m0/s1. The van der Waals surface area contributed by atoms with Gasteiger partial charge >= 0.3 is 5.97 Å². The van der Waals surface area contributed by atoms with Crippen LogP contribution in [0.4, 0.5) is 0 Å². The van der Waals surface area contributed by atoms with Gasteiger partial charge in [0, 0.05) is 12.3 Å². The van der Waals surface area contributed by atoms with E-state index in [1.165, 1.54) is 0 Å². The van der Waals surface area contributed by atoms with E-state index < -0.39 is 31.2 Å². The molecule has 0 saturated heterocycles. The zero-order valence-corrected chi connectivity index (χ0v) is 22.3. The average molecular weight is 522 g/mol. The van der Waals surface area contributed by atoms with E-state index in [0.29, 0.717) is 12.8 Å². The molecule has 1 unspecified atom stereocenters. The summed E-state index contributed by atoms with van der Waals surface area (Å²) in [7, 11) is -3.67. The van der Waals surface area contributed by atoms with Gasteiger partial charge in [0.15, 0.2) is 0 Å². The molecule has 0 aliphatic carbocycles. The van der Waals surface area contributed by atoms with E-state index in [1.54, 1.807) is 6.92 Å². The van der Waals surface area contributed by atoms with Crippen LogP contribution in [0.15, 0.2) is 84.9 Å². The summed E-state index contributed by atoms with van der Waals surface area (Å²) in [5.41, 5.74) is 3.90. The minimum absolute atomic E-state index is 0.0570. The molecule has 196 valence electrons. The van der Waals surface area contributed by atoms with E-state index in [2.05, 4.69) is 5.32 Å². The number of carboxylic acids is 1. The number of aryl methyl sites for hydroxylation is 1. The summed E-state index contributed by atoms with van der Waals surface area (Å²) in [6, 6.07) is 26.1. The van der Waals surface area contributed by atoms with Gasteiger partial charge in [-0.15, -0.1) is 0 Å². The van der Waals surface area contributed by atoms with Gasteiger partial charge in [-0.2, -0.15) is 0 Å². The molecule has 3 N–H and O–H groups in total. The van der Waals surface area contributed by atoms with Crippen LogP contribution in [0.3, 0.4) is 0 Å². The van der Waals surface area contributed by atoms with E-state index in [-0.39, 0.29) is 24.7 Å². The first-order valence-corrected chi connectivity index (χ1v) is 14.7. The maximum Gasteiger partial charge on any atom is 0.326 e. The van der Waals surface area contributed by atoms with Gasteiger partial charge in [0.2, 0.25) is 13.3 Å². The molecule has 1 amide bonds. The van der Waals surface area contributed by atoms with Crippen molar-refractivity contribution in [3.63, 3.8) is 0 Å². The number of carboxylic acid groups (broad SMARTS) is 1. The minimum Gasteiger partial charge on any atom is -0.480 e. The van der Waals surface area contributed by atoms with Crippen LogP contribution in [0.5, 0.6) is 0 Å². The number of benzene rings is 3. The second-order valence-corrected chi connectivity index (χ2v) is 12.2. The summed E-state index contributed by atoms with van der Waals surface area (Å²) >= 11 is 0. The maximum atomic E-state index is 13.3. The summed E-state index contributed by atoms with van der Waals surface area (Å²) in [5, 5.41) is 12.3. The van der Waals surface area contributed by atoms with Crippen molar-refractivity contribution in [1.82, 2.24) is 5.32 Å². The SMILES string of the molecule is CC[C@H](C)[C@H](NC(=O)[C@H](Cc1ccc(-c2ccccc2)cc1)CP(=O)(O)CCc1ccccc1)C(=O)O. The third kappa shape index (κ3) is 8.70. The van der Waals surface area contributed by atoms with Crippen molar-refractivity contribution < 1.29 is 24.2 Å². The van der Waals surface area contributed by atoms with E-state index in [0.717, 1.165) is 22.3 Å². The first-order valence-electron chi connectivity index (χ1n) is 12.7. The minimum atomic E-state index is -3.67. The van der Waals surface area contributed by atoms with Crippen LogP contribution in [0.2, 0.25) is 0 Å². The summed E-state index contributed by atoms with van der Waals surface area (Å²) in [6.45, 7) is 3.64. The number of aliphatic carboxylic acids is 1. The van der Waals surface area contributed by atoms with Gasteiger partial charge < -0.3 is 15.3 Å². The molecular formula is C30H36NO5P. The Balaban J connectivity index is 1.79. The number of amides is 1. The first-order chi connectivity index (χ1) is 17.7. The van der Waals surface area contributed by atoms with Crippen molar-refractivity contribution in [3.05, 3.63) is 96.1 Å². The fraction of sp³-hybridized carbons (Fsp3) is 0.333. The molecule has 0 saturated carbocycles. The van der Waals surface area contributed by atoms with Crippen molar-refractivity contribution in [1.29, 1.82) is 0 Å². The lowest BCUT2D eigenvalue weighted by molar-refractivity contribution is -0.143. The molecule has 4 atom stereocenters. The molecule has 3 aromatic rings. The highest BCUT2D eigenvalue weighted by molar-refractivity contribution is 7.58. The second-order valence-electron chi connectivity index (χ2n) is 9.66. The van der Waals surface area contributed by atoms with E-state index in [9.17, 15) is 24.2 Å². The molecule has 0 heterocycles. The Morgan fingerprint density at radius 1 is 0.865 bits per heavy atom. The Morgan fingerprint density at radius 2 is 1.43 bits per heavy atom. The van der Waals surface area contributed by atoms with Gasteiger partial charge in [-0.3, -0.25) is 9.36 Å². The third-order valence-electron chi connectivity index (χ3n) is 6.79. The van der Waals surface area contributed by atoms with Crippen LogP contribution >= 0.6 is 7.37 Å². The van der Waals surface area contributed by atoms with Crippen LogP contribution in [0, 0.1) is 11.8 Å². The largest absolute Gasteiger partial charge is 0.480 e. The Morgan fingerprint density at radius 3 is 2.00 bits per heavy atom. The average Bonchev–Trinajstić information content (AvgIpc) is 2.91. The van der Waals surface area contributed by atoms with Crippen LogP contribution < -0.4 is 5.32 Å². The molecule has 0 fully saturated rings. The predicted molar refractivity (Wildman–Crippen MR) is 148 cm³/mol. The molecule has 6 nitrogen and oxygen atoms in total. The Hall–Kier alpha value is -3.21. The molecule has 0 bridgehead atoms. The van der Waals surface area contributed by atoms with Crippen molar-refractivity contribution in [2.45, 2.75) is 39.2 Å². The third-order valence-corrected chi connectivity index (χ3v) is 8.72.